The Kier molecular flexibility index (Phi) is 11.6. The molecule has 2 rings (SSSR count). The minimum atomic E-state index is -0.336. The van der Waals surface area contributed by atoms with E-state index >= 15 is 0 Å². The lowest BCUT2D eigenvalue weighted by molar-refractivity contribution is -0.122. The Morgan fingerprint density at radius 1 is 1.09 bits per heavy atom. The van der Waals surface area contributed by atoms with Crippen molar-refractivity contribution in [3.8, 4) is 11.5 Å². The van der Waals surface area contributed by atoms with Crippen LogP contribution in [0.3, 0.4) is 0 Å². The van der Waals surface area contributed by atoms with Crippen LogP contribution in [0.4, 0.5) is 5.69 Å². The molecule has 0 fully saturated rings. The molecule has 1 aliphatic rings. The van der Waals surface area contributed by atoms with Crippen molar-refractivity contribution < 1.29 is 19.1 Å². The van der Waals surface area contributed by atoms with Gasteiger partial charge in [0.05, 0.1) is 13.2 Å². The number of nitrogens with one attached hydrogen (secondary N) is 4. The topological polar surface area (TPSA) is 113 Å². The van der Waals surface area contributed by atoms with E-state index in [0.717, 1.165) is 12.1 Å². The zero-order valence-electron chi connectivity index (χ0n) is 19.5. The number of hydrogen-bond donors (Lipinski definition) is 4. The fourth-order valence-corrected chi connectivity index (χ4v) is 2.81. The van der Waals surface area contributed by atoms with Gasteiger partial charge in [-0.2, -0.15) is 0 Å². The third-order valence-corrected chi connectivity index (χ3v) is 4.00. The Labute approximate surface area is 207 Å². The zero-order chi connectivity index (χ0) is 22.9. The molecule has 4 N–H and O–H groups in total. The molecule has 0 aliphatic carbocycles. The molecule has 0 unspecified atom stereocenters. The summed E-state index contributed by atoms with van der Waals surface area (Å²) in [7, 11) is 0. The number of nitrogens with zero attached hydrogens (tertiary/aromatic N) is 1. The highest BCUT2D eigenvalue weighted by Crippen LogP contribution is 2.32. The molecule has 1 aromatic carbocycles. The van der Waals surface area contributed by atoms with Gasteiger partial charge in [-0.15, -0.1) is 24.0 Å². The van der Waals surface area contributed by atoms with E-state index < -0.39 is 0 Å². The van der Waals surface area contributed by atoms with Gasteiger partial charge >= 0.3 is 0 Å². The first-order chi connectivity index (χ1) is 14.6. The van der Waals surface area contributed by atoms with Crippen molar-refractivity contribution >= 4 is 47.4 Å². The van der Waals surface area contributed by atoms with Crippen LogP contribution in [0.15, 0.2) is 23.2 Å². The number of ether oxygens (including phenoxy) is 2. The van der Waals surface area contributed by atoms with Crippen LogP contribution in [0.1, 0.15) is 47.5 Å². The number of carbonyl (C=O) groups excluding carboxylic acids is 2. The second kappa shape index (κ2) is 13.3. The number of aliphatic imine (C=N–C) groups is 1. The van der Waals surface area contributed by atoms with Gasteiger partial charge in [0.25, 0.3) is 0 Å². The molecule has 0 saturated heterocycles. The fraction of sp³-hybridized carbons (Fsp3) is 0.591. The van der Waals surface area contributed by atoms with Gasteiger partial charge in [0.1, 0.15) is 6.54 Å². The minimum Gasteiger partial charge on any atom is -0.490 e. The molecule has 2 amide bonds. The molecule has 0 atom stereocenters. The molecule has 1 heterocycles. The second-order valence-corrected chi connectivity index (χ2v) is 8.70. The molecule has 0 aromatic heterocycles. The molecule has 9 nitrogen and oxygen atoms in total. The van der Waals surface area contributed by atoms with E-state index in [1.807, 2.05) is 52.8 Å². The van der Waals surface area contributed by atoms with E-state index in [-0.39, 0.29) is 60.3 Å². The first-order valence-corrected chi connectivity index (χ1v) is 10.7. The van der Waals surface area contributed by atoms with Crippen molar-refractivity contribution in [3.05, 3.63) is 18.2 Å². The maximum absolute atomic E-state index is 12.2. The average Bonchev–Trinajstić information content (AvgIpc) is 2.89. The molecule has 10 heteroatoms. The third kappa shape index (κ3) is 10.9. The molecule has 0 saturated carbocycles. The highest BCUT2D eigenvalue weighted by Gasteiger charge is 2.15. The van der Waals surface area contributed by atoms with Crippen molar-refractivity contribution in [1.82, 2.24) is 16.0 Å². The molecule has 0 radical (unpaired) electrons. The maximum atomic E-state index is 12.2. The van der Waals surface area contributed by atoms with Crippen LogP contribution < -0.4 is 30.7 Å². The molecule has 1 aliphatic heterocycles. The van der Waals surface area contributed by atoms with Crippen molar-refractivity contribution in [2.75, 3.05) is 31.6 Å². The van der Waals surface area contributed by atoms with Crippen LogP contribution in [-0.4, -0.2) is 55.7 Å². The highest BCUT2D eigenvalue weighted by atomic mass is 127. The summed E-state index contributed by atoms with van der Waals surface area (Å²) >= 11 is 0. The Hall–Kier alpha value is -2.24. The number of anilines is 1. The molecule has 0 spiro atoms. The van der Waals surface area contributed by atoms with Crippen LogP contribution in [0.5, 0.6) is 11.5 Å². The predicted molar refractivity (Wildman–Crippen MR) is 137 cm³/mol. The normalized spacial score (nSPS) is 13.5. The summed E-state index contributed by atoms with van der Waals surface area (Å²) in [6.07, 6.45) is 1.11. The molecule has 0 bridgehead atoms. The quantitative estimate of drug-likeness (QED) is 0.232. The highest BCUT2D eigenvalue weighted by molar-refractivity contribution is 14.0. The maximum Gasteiger partial charge on any atom is 0.242 e. The van der Waals surface area contributed by atoms with E-state index in [1.54, 1.807) is 0 Å². The Balaban J connectivity index is 0.00000512. The number of amides is 2. The average molecular weight is 561 g/mol. The molecular formula is C22H36IN5O4. The lowest BCUT2D eigenvalue weighted by Gasteiger charge is -2.20. The number of hydrogen-bond acceptors (Lipinski definition) is 5. The summed E-state index contributed by atoms with van der Waals surface area (Å²) in [6, 6.07) is 5.61. The van der Waals surface area contributed by atoms with Crippen LogP contribution in [0, 0.1) is 0 Å². The molecule has 1 aromatic rings. The van der Waals surface area contributed by atoms with Crippen molar-refractivity contribution in [1.29, 1.82) is 0 Å². The summed E-state index contributed by atoms with van der Waals surface area (Å²) in [5.41, 5.74) is 0.398. The number of rotatable bonds is 7. The van der Waals surface area contributed by atoms with Gasteiger partial charge in [0.15, 0.2) is 17.5 Å². The molecule has 32 heavy (non-hydrogen) atoms. The zero-order valence-corrected chi connectivity index (χ0v) is 21.9. The van der Waals surface area contributed by atoms with Gasteiger partial charge in [-0.25, -0.2) is 4.99 Å². The standard InChI is InChI=1S/C22H35N5O4.HI/c1-15(2)25-19(28)9-10-23-21(24-14-20(29)27-22(3,4)5)26-16-7-8-17-18(13-16)31-12-6-11-30-17;/h7-8,13,15H,6,9-12,14H2,1-5H3,(H,25,28)(H,27,29)(H2,23,24,26);1H. The minimum absolute atomic E-state index is 0. The largest absolute Gasteiger partial charge is 0.490 e. The first-order valence-electron chi connectivity index (χ1n) is 10.7. The number of fused-ring (bicyclic) bond motifs is 1. The van der Waals surface area contributed by atoms with Gasteiger partial charge in [-0.3, -0.25) is 9.59 Å². The lowest BCUT2D eigenvalue weighted by Crippen LogP contribution is -2.42. The summed E-state index contributed by atoms with van der Waals surface area (Å²) in [4.78, 5) is 28.4. The predicted octanol–water partition coefficient (Wildman–Crippen LogP) is 2.65. The number of halogens is 1. The van der Waals surface area contributed by atoms with Gasteiger partial charge in [0.2, 0.25) is 11.8 Å². The molecule has 180 valence electrons. The van der Waals surface area contributed by atoms with E-state index in [9.17, 15) is 9.59 Å². The van der Waals surface area contributed by atoms with Gasteiger partial charge in [0, 0.05) is 42.7 Å². The summed E-state index contributed by atoms with van der Waals surface area (Å²) in [5.74, 6) is 1.51. The van der Waals surface area contributed by atoms with E-state index in [1.165, 1.54) is 0 Å². The first kappa shape index (κ1) is 27.8. The van der Waals surface area contributed by atoms with E-state index in [0.29, 0.717) is 37.2 Å². The fourth-order valence-electron chi connectivity index (χ4n) is 2.81. The second-order valence-electron chi connectivity index (χ2n) is 8.70. The third-order valence-electron chi connectivity index (χ3n) is 4.00. The Bertz CT molecular complexity index is 793. The smallest absolute Gasteiger partial charge is 0.242 e. The van der Waals surface area contributed by atoms with Crippen LogP contribution in [-0.2, 0) is 9.59 Å². The van der Waals surface area contributed by atoms with Gasteiger partial charge in [-0.1, -0.05) is 0 Å². The summed E-state index contributed by atoms with van der Waals surface area (Å²) in [5, 5.41) is 12.0. The lowest BCUT2D eigenvalue weighted by atomic mass is 10.1. The number of guanidine groups is 1. The van der Waals surface area contributed by atoms with Crippen LogP contribution in [0.2, 0.25) is 0 Å². The number of carbonyl (C=O) groups is 2. The van der Waals surface area contributed by atoms with E-state index in [2.05, 4.69) is 26.3 Å². The Morgan fingerprint density at radius 3 is 2.44 bits per heavy atom. The van der Waals surface area contributed by atoms with Gasteiger partial charge < -0.3 is 30.7 Å². The number of benzene rings is 1. The van der Waals surface area contributed by atoms with Crippen molar-refractivity contribution in [2.24, 2.45) is 4.99 Å². The Morgan fingerprint density at radius 2 is 1.78 bits per heavy atom. The van der Waals surface area contributed by atoms with Crippen LogP contribution in [0.25, 0.3) is 0 Å². The van der Waals surface area contributed by atoms with Crippen LogP contribution >= 0.6 is 24.0 Å². The SMILES string of the molecule is CC(C)NC(=O)CCNC(=NCC(=O)NC(C)(C)C)Nc1ccc2c(c1)OCCCO2.I. The monoisotopic (exact) mass is 561 g/mol. The van der Waals surface area contributed by atoms with E-state index in [4.69, 9.17) is 9.47 Å². The summed E-state index contributed by atoms with van der Waals surface area (Å²) in [6.45, 7) is 11.1. The van der Waals surface area contributed by atoms with Crippen molar-refractivity contribution in [3.63, 3.8) is 0 Å². The van der Waals surface area contributed by atoms with Crippen molar-refractivity contribution in [2.45, 2.75) is 59.0 Å². The molecular weight excluding hydrogens is 525 g/mol. The van der Waals surface area contributed by atoms with Gasteiger partial charge in [-0.05, 0) is 46.8 Å². The summed E-state index contributed by atoms with van der Waals surface area (Å²) < 4.78 is 11.4.